The Balaban J connectivity index is 1.53. The van der Waals surface area contributed by atoms with Crippen LogP contribution in [0.4, 0.5) is 14.9 Å². The molecule has 0 aliphatic carbocycles. The lowest BCUT2D eigenvalue weighted by molar-refractivity contribution is 0.252. The van der Waals surface area contributed by atoms with Crippen LogP contribution in [0.3, 0.4) is 0 Å². The topological polar surface area (TPSA) is 82.7 Å². The third-order valence-electron chi connectivity index (χ3n) is 4.69. The number of benzene rings is 2. The lowest BCUT2D eigenvalue weighted by atomic mass is 10.00. The van der Waals surface area contributed by atoms with Crippen molar-refractivity contribution >= 4 is 11.7 Å². The van der Waals surface area contributed by atoms with Crippen molar-refractivity contribution in [3.05, 3.63) is 102 Å². The number of H-pyrrole nitrogens is 1. The third-order valence-corrected chi connectivity index (χ3v) is 4.69. The van der Waals surface area contributed by atoms with E-state index in [1.165, 1.54) is 12.1 Å². The van der Waals surface area contributed by atoms with E-state index in [2.05, 4.69) is 37.7 Å². The lowest BCUT2D eigenvalue weighted by Gasteiger charge is -2.10. The predicted octanol–water partition coefficient (Wildman–Crippen LogP) is 4.37. The molecule has 2 amide bonds. The Hall–Kier alpha value is -4.44. The summed E-state index contributed by atoms with van der Waals surface area (Å²) >= 11 is 0. The quantitative estimate of drug-likeness (QED) is 0.415. The van der Waals surface area contributed by atoms with Crippen LogP contribution in [-0.4, -0.2) is 27.8 Å². The number of halogens is 1. The van der Waals surface area contributed by atoms with E-state index in [0.717, 1.165) is 22.4 Å². The fraction of sp³-hybridized carbons (Fsp3) is 0.0800. The van der Waals surface area contributed by atoms with Gasteiger partial charge in [-0.15, -0.1) is 0 Å². The van der Waals surface area contributed by atoms with E-state index in [4.69, 9.17) is 0 Å². The first kappa shape index (κ1) is 20.8. The molecule has 0 fully saturated rings. The smallest absolute Gasteiger partial charge is 0.319 e. The van der Waals surface area contributed by atoms with Crippen molar-refractivity contribution in [3.63, 3.8) is 0 Å². The molecule has 2 aromatic heterocycles. The molecule has 4 aromatic rings. The van der Waals surface area contributed by atoms with Gasteiger partial charge in [0.2, 0.25) is 0 Å². The number of nitrogens with zero attached hydrogens (tertiary/aromatic N) is 2. The van der Waals surface area contributed by atoms with Gasteiger partial charge < -0.3 is 10.6 Å². The normalized spacial score (nSPS) is 10.2. The summed E-state index contributed by atoms with van der Waals surface area (Å²) < 4.78 is 13.2. The standard InChI is InChI=1S/C25H20FN5O/c26-21-5-2-18(3-6-21)1-4-20-17-23(7-8-24(20)19-9-13-27-14-10-19)30-25(32)28-15-11-22-12-16-29-31-22/h2-3,5-10,12-14,16-17H,11,15H2,(H,29,31)(H2,28,30,32). The van der Waals surface area contributed by atoms with Crippen molar-refractivity contribution in [2.45, 2.75) is 6.42 Å². The fourth-order valence-corrected chi connectivity index (χ4v) is 3.09. The van der Waals surface area contributed by atoms with Gasteiger partial charge in [0.1, 0.15) is 5.82 Å². The van der Waals surface area contributed by atoms with E-state index in [0.29, 0.717) is 24.2 Å². The zero-order valence-electron chi connectivity index (χ0n) is 17.1. The molecule has 0 spiro atoms. The monoisotopic (exact) mass is 425 g/mol. The summed E-state index contributed by atoms with van der Waals surface area (Å²) in [7, 11) is 0. The van der Waals surface area contributed by atoms with Gasteiger partial charge in [-0.3, -0.25) is 10.1 Å². The summed E-state index contributed by atoms with van der Waals surface area (Å²) in [5, 5.41) is 12.4. The molecule has 0 saturated carbocycles. The Labute approximate surface area is 184 Å². The Bertz CT molecular complexity index is 1240. The second-order valence-electron chi connectivity index (χ2n) is 6.97. The minimum absolute atomic E-state index is 0.307. The van der Waals surface area contributed by atoms with Crippen LogP contribution in [0.15, 0.2) is 79.3 Å². The Morgan fingerprint density at radius 2 is 1.78 bits per heavy atom. The molecule has 0 aliphatic heterocycles. The first-order chi connectivity index (χ1) is 15.7. The number of hydrogen-bond donors (Lipinski definition) is 3. The number of amides is 2. The van der Waals surface area contributed by atoms with Crippen molar-refractivity contribution in [3.8, 4) is 23.0 Å². The van der Waals surface area contributed by atoms with E-state index in [-0.39, 0.29) is 11.8 Å². The number of carbonyl (C=O) groups is 1. The van der Waals surface area contributed by atoms with Gasteiger partial charge in [-0.2, -0.15) is 5.10 Å². The summed E-state index contributed by atoms with van der Waals surface area (Å²) in [5.41, 5.74) is 4.86. The number of rotatable bonds is 5. The first-order valence-electron chi connectivity index (χ1n) is 10.0. The average molecular weight is 425 g/mol. The molecule has 4 rings (SSSR count). The molecule has 0 unspecified atom stereocenters. The van der Waals surface area contributed by atoms with Crippen LogP contribution in [-0.2, 0) is 6.42 Å². The Morgan fingerprint density at radius 1 is 0.969 bits per heavy atom. The molecule has 0 saturated heterocycles. The molecule has 0 atom stereocenters. The number of anilines is 1. The van der Waals surface area contributed by atoms with Crippen molar-refractivity contribution in [2.75, 3.05) is 11.9 Å². The maximum atomic E-state index is 13.2. The molecular weight excluding hydrogens is 405 g/mol. The largest absolute Gasteiger partial charge is 0.337 e. The predicted molar refractivity (Wildman–Crippen MR) is 121 cm³/mol. The van der Waals surface area contributed by atoms with Crippen LogP contribution in [0.2, 0.25) is 0 Å². The lowest BCUT2D eigenvalue weighted by Crippen LogP contribution is -2.30. The molecule has 3 N–H and O–H groups in total. The van der Waals surface area contributed by atoms with Gasteiger partial charge in [0, 0.05) is 54.1 Å². The van der Waals surface area contributed by atoms with E-state index in [9.17, 15) is 9.18 Å². The van der Waals surface area contributed by atoms with Crippen molar-refractivity contribution in [1.29, 1.82) is 0 Å². The summed E-state index contributed by atoms with van der Waals surface area (Å²) in [4.78, 5) is 16.4. The van der Waals surface area contributed by atoms with Crippen molar-refractivity contribution in [1.82, 2.24) is 20.5 Å². The molecule has 0 bridgehead atoms. The highest BCUT2D eigenvalue weighted by molar-refractivity contribution is 5.90. The van der Waals surface area contributed by atoms with Gasteiger partial charge in [0.05, 0.1) is 0 Å². The van der Waals surface area contributed by atoms with Crippen LogP contribution < -0.4 is 10.6 Å². The van der Waals surface area contributed by atoms with Gasteiger partial charge in [0.25, 0.3) is 0 Å². The van der Waals surface area contributed by atoms with E-state index in [1.54, 1.807) is 30.7 Å². The number of hydrogen-bond acceptors (Lipinski definition) is 3. The average Bonchev–Trinajstić information content (AvgIpc) is 3.33. The zero-order chi connectivity index (χ0) is 22.2. The van der Waals surface area contributed by atoms with Gasteiger partial charge in [0.15, 0.2) is 0 Å². The third kappa shape index (κ3) is 5.58. The van der Waals surface area contributed by atoms with Crippen LogP contribution in [0.5, 0.6) is 0 Å². The van der Waals surface area contributed by atoms with Crippen molar-refractivity contribution < 1.29 is 9.18 Å². The minimum atomic E-state index is -0.308. The number of nitrogens with one attached hydrogen (secondary N) is 3. The van der Waals surface area contributed by atoms with E-state index >= 15 is 0 Å². The first-order valence-corrected chi connectivity index (χ1v) is 10.0. The number of aromatic nitrogens is 3. The Kier molecular flexibility index (Phi) is 6.54. The molecule has 6 nitrogen and oxygen atoms in total. The molecule has 0 radical (unpaired) electrons. The number of pyridine rings is 1. The summed E-state index contributed by atoms with van der Waals surface area (Å²) in [6, 6.07) is 16.9. The second-order valence-corrected chi connectivity index (χ2v) is 6.97. The summed E-state index contributed by atoms with van der Waals surface area (Å²) in [6.07, 6.45) is 5.76. The maximum Gasteiger partial charge on any atom is 0.319 e. The van der Waals surface area contributed by atoms with Crippen LogP contribution in [0, 0.1) is 17.7 Å². The molecule has 158 valence electrons. The van der Waals surface area contributed by atoms with Gasteiger partial charge in [-0.25, -0.2) is 9.18 Å². The summed E-state index contributed by atoms with van der Waals surface area (Å²) in [6.45, 7) is 0.473. The highest BCUT2D eigenvalue weighted by atomic mass is 19.1. The SMILES string of the molecule is O=C(NCCc1ccn[nH]1)Nc1ccc(-c2ccncc2)c(C#Cc2ccc(F)cc2)c1. The van der Waals surface area contributed by atoms with Gasteiger partial charge >= 0.3 is 6.03 Å². The highest BCUT2D eigenvalue weighted by Crippen LogP contribution is 2.25. The van der Waals surface area contributed by atoms with Crippen LogP contribution in [0.1, 0.15) is 16.8 Å². The number of aromatic amines is 1. The highest BCUT2D eigenvalue weighted by Gasteiger charge is 2.08. The van der Waals surface area contributed by atoms with E-state index < -0.39 is 0 Å². The van der Waals surface area contributed by atoms with E-state index in [1.807, 2.05) is 36.4 Å². The molecule has 7 heteroatoms. The van der Waals surface area contributed by atoms with Crippen molar-refractivity contribution in [2.24, 2.45) is 0 Å². The second kappa shape index (κ2) is 10.0. The Morgan fingerprint density at radius 3 is 2.53 bits per heavy atom. The van der Waals surface area contributed by atoms with Crippen LogP contribution >= 0.6 is 0 Å². The maximum absolute atomic E-state index is 13.2. The van der Waals surface area contributed by atoms with Crippen LogP contribution in [0.25, 0.3) is 11.1 Å². The number of urea groups is 1. The molecule has 32 heavy (non-hydrogen) atoms. The van der Waals surface area contributed by atoms with Gasteiger partial charge in [-0.05, 0) is 65.7 Å². The zero-order valence-corrected chi connectivity index (χ0v) is 17.1. The minimum Gasteiger partial charge on any atom is -0.337 e. The molecule has 2 aromatic carbocycles. The number of carbonyl (C=O) groups excluding carboxylic acids is 1. The molecule has 2 heterocycles. The molecule has 0 aliphatic rings. The molecular formula is C25H20FN5O. The summed E-state index contributed by atoms with van der Waals surface area (Å²) in [5.74, 6) is 5.90. The van der Waals surface area contributed by atoms with Gasteiger partial charge in [-0.1, -0.05) is 17.9 Å². The fourth-order valence-electron chi connectivity index (χ4n) is 3.09.